The lowest BCUT2D eigenvalue weighted by Gasteiger charge is -2.03. The van der Waals surface area contributed by atoms with Crippen LogP contribution in [0.5, 0.6) is 0 Å². The molecule has 0 aromatic rings. The van der Waals surface area contributed by atoms with Gasteiger partial charge in [0.1, 0.15) is 0 Å². The van der Waals surface area contributed by atoms with Crippen LogP contribution in [0.2, 0.25) is 0 Å². The smallest absolute Gasteiger partial charge is 0.332 e. The molecule has 0 saturated heterocycles. The molecule has 0 aromatic carbocycles. The van der Waals surface area contributed by atoms with Crippen LogP contribution in [-0.2, 0) is 14.3 Å². The minimum Gasteiger partial charge on any atom is -0.463 e. The summed E-state index contributed by atoms with van der Waals surface area (Å²) in [6, 6.07) is 0. The molecule has 0 bridgehead atoms. The fraction of sp³-hybridized carbons (Fsp3) is 0.600. The van der Waals surface area contributed by atoms with E-state index in [1.54, 1.807) is 13.8 Å². The Bertz CT molecular complexity index is 234. The van der Waals surface area contributed by atoms with E-state index < -0.39 is 5.97 Å². The number of ether oxygens (including phenoxy) is 1. The van der Waals surface area contributed by atoms with E-state index in [1.807, 2.05) is 6.92 Å². The molecular formula is C10H17NO3. The Morgan fingerprint density at radius 3 is 2.50 bits per heavy atom. The summed E-state index contributed by atoms with van der Waals surface area (Å²) >= 11 is 0. The molecule has 1 amide bonds. The zero-order valence-corrected chi connectivity index (χ0v) is 8.92. The van der Waals surface area contributed by atoms with Gasteiger partial charge in [0.15, 0.2) is 0 Å². The Morgan fingerprint density at radius 1 is 1.36 bits per heavy atom. The first kappa shape index (κ1) is 12.7. The highest BCUT2D eigenvalue weighted by atomic mass is 16.5. The molecule has 0 atom stereocenters. The monoisotopic (exact) mass is 199 g/mol. The first-order chi connectivity index (χ1) is 6.60. The fourth-order valence-corrected chi connectivity index (χ4v) is 0.906. The summed E-state index contributed by atoms with van der Waals surface area (Å²) in [5.74, 6) is -0.507. The van der Waals surface area contributed by atoms with E-state index >= 15 is 0 Å². The Morgan fingerprint density at radius 2 is 2.00 bits per heavy atom. The molecule has 0 rings (SSSR count). The van der Waals surface area contributed by atoms with Crippen LogP contribution < -0.4 is 5.32 Å². The normalized spacial score (nSPS) is 10.9. The third-order valence-electron chi connectivity index (χ3n) is 1.43. The van der Waals surface area contributed by atoms with Crippen LogP contribution in [0.25, 0.3) is 0 Å². The molecule has 0 saturated carbocycles. The highest BCUT2D eigenvalue weighted by Gasteiger charge is 2.01. The second-order valence-corrected chi connectivity index (χ2v) is 2.88. The van der Waals surface area contributed by atoms with Crippen LogP contribution in [0.4, 0.5) is 0 Å². The largest absolute Gasteiger partial charge is 0.463 e. The Hall–Kier alpha value is -1.32. The first-order valence-electron chi connectivity index (χ1n) is 4.75. The van der Waals surface area contributed by atoms with Crippen molar-refractivity contribution in [2.75, 3.05) is 6.61 Å². The van der Waals surface area contributed by atoms with Crippen LogP contribution in [0.15, 0.2) is 11.8 Å². The number of carbonyl (C=O) groups excluding carboxylic acids is 2. The standard InChI is InChI=1S/C10H17NO3/c1-4-6-9(12)11-8(3)7-10(13)14-5-2/h7H,4-6H2,1-3H3,(H,11,12). The van der Waals surface area contributed by atoms with E-state index in [-0.39, 0.29) is 5.91 Å². The number of hydrogen-bond acceptors (Lipinski definition) is 3. The molecule has 0 aliphatic carbocycles. The molecule has 0 aliphatic heterocycles. The number of allylic oxidation sites excluding steroid dienone is 1. The average molecular weight is 199 g/mol. The van der Waals surface area contributed by atoms with Crippen LogP contribution in [0.3, 0.4) is 0 Å². The van der Waals surface area contributed by atoms with Gasteiger partial charge in [-0.05, 0) is 20.3 Å². The summed E-state index contributed by atoms with van der Waals surface area (Å²) in [4.78, 5) is 22.0. The van der Waals surface area contributed by atoms with Crippen molar-refractivity contribution in [2.24, 2.45) is 0 Å². The lowest BCUT2D eigenvalue weighted by atomic mass is 10.3. The predicted molar refractivity (Wildman–Crippen MR) is 53.4 cm³/mol. The fourth-order valence-electron chi connectivity index (χ4n) is 0.906. The van der Waals surface area contributed by atoms with Gasteiger partial charge in [-0.25, -0.2) is 4.79 Å². The van der Waals surface area contributed by atoms with E-state index in [1.165, 1.54) is 6.08 Å². The third-order valence-corrected chi connectivity index (χ3v) is 1.43. The predicted octanol–water partition coefficient (Wildman–Crippen LogP) is 1.37. The van der Waals surface area contributed by atoms with Crippen molar-refractivity contribution < 1.29 is 14.3 Å². The van der Waals surface area contributed by atoms with Crippen molar-refractivity contribution in [3.8, 4) is 0 Å². The minimum atomic E-state index is -0.429. The summed E-state index contributed by atoms with van der Waals surface area (Å²) in [5, 5.41) is 2.59. The van der Waals surface area contributed by atoms with Gasteiger partial charge in [0, 0.05) is 18.2 Å². The van der Waals surface area contributed by atoms with Gasteiger partial charge < -0.3 is 10.1 Å². The highest BCUT2D eigenvalue weighted by molar-refractivity contribution is 5.84. The summed E-state index contributed by atoms with van der Waals surface area (Å²) in [5.41, 5.74) is 0.516. The molecule has 0 radical (unpaired) electrons. The molecule has 0 spiro atoms. The van der Waals surface area contributed by atoms with Gasteiger partial charge >= 0.3 is 5.97 Å². The summed E-state index contributed by atoms with van der Waals surface area (Å²) < 4.78 is 4.69. The topological polar surface area (TPSA) is 55.4 Å². The summed E-state index contributed by atoms with van der Waals surface area (Å²) in [6.45, 7) is 5.65. The van der Waals surface area contributed by atoms with Crippen molar-refractivity contribution in [2.45, 2.75) is 33.6 Å². The zero-order chi connectivity index (χ0) is 11.0. The Kier molecular flexibility index (Phi) is 6.45. The number of rotatable bonds is 5. The van der Waals surface area contributed by atoms with Crippen LogP contribution in [0.1, 0.15) is 33.6 Å². The minimum absolute atomic E-state index is 0.0782. The number of hydrogen-bond donors (Lipinski definition) is 1. The molecule has 0 heterocycles. The number of esters is 1. The van der Waals surface area contributed by atoms with Crippen molar-refractivity contribution in [3.05, 3.63) is 11.8 Å². The van der Waals surface area contributed by atoms with Gasteiger partial charge in [-0.2, -0.15) is 0 Å². The van der Waals surface area contributed by atoms with Gasteiger partial charge in [0.2, 0.25) is 5.91 Å². The average Bonchev–Trinajstić information content (AvgIpc) is 2.03. The van der Waals surface area contributed by atoms with E-state index in [0.717, 1.165) is 6.42 Å². The SMILES string of the molecule is CCCC(=O)NC(C)=CC(=O)OCC. The van der Waals surface area contributed by atoms with Crippen molar-refractivity contribution in [3.63, 3.8) is 0 Å². The molecule has 0 unspecified atom stereocenters. The van der Waals surface area contributed by atoms with Crippen molar-refractivity contribution in [1.29, 1.82) is 0 Å². The Labute approximate surface area is 84.3 Å². The molecule has 4 heteroatoms. The molecular weight excluding hydrogens is 182 g/mol. The summed E-state index contributed by atoms with van der Waals surface area (Å²) in [7, 11) is 0. The van der Waals surface area contributed by atoms with Crippen LogP contribution in [0, 0.1) is 0 Å². The van der Waals surface area contributed by atoms with Crippen LogP contribution in [-0.4, -0.2) is 18.5 Å². The second-order valence-electron chi connectivity index (χ2n) is 2.88. The maximum atomic E-state index is 11.1. The highest BCUT2D eigenvalue weighted by Crippen LogP contribution is 1.93. The first-order valence-corrected chi connectivity index (χ1v) is 4.75. The van der Waals surface area contributed by atoms with Gasteiger partial charge in [-0.3, -0.25) is 4.79 Å². The van der Waals surface area contributed by atoms with Crippen LogP contribution >= 0.6 is 0 Å². The van der Waals surface area contributed by atoms with E-state index in [9.17, 15) is 9.59 Å². The van der Waals surface area contributed by atoms with Gasteiger partial charge in [0.05, 0.1) is 6.61 Å². The second kappa shape index (κ2) is 7.12. The quantitative estimate of drug-likeness (QED) is 0.537. The van der Waals surface area contributed by atoms with Gasteiger partial charge in [0.25, 0.3) is 0 Å². The van der Waals surface area contributed by atoms with Gasteiger partial charge in [-0.1, -0.05) is 6.92 Å². The van der Waals surface area contributed by atoms with Crippen molar-refractivity contribution >= 4 is 11.9 Å². The van der Waals surface area contributed by atoms with Crippen molar-refractivity contribution in [1.82, 2.24) is 5.32 Å². The molecule has 0 aromatic heterocycles. The maximum absolute atomic E-state index is 11.1. The van der Waals surface area contributed by atoms with E-state index in [2.05, 4.69) is 10.1 Å². The summed E-state index contributed by atoms with van der Waals surface area (Å²) in [6.07, 6.45) is 2.53. The van der Waals surface area contributed by atoms with E-state index in [4.69, 9.17) is 0 Å². The lowest BCUT2D eigenvalue weighted by Crippen LogP contribution is -2.21. The Balaban J connectivity index is 3.99. The molecule has 0 aliphatic rings. The van der Waals surface area contributed by atoms with Gasteiger partial charge in [-0.15, -0.1) is 0 Å². The number of nitrogens with one attached hydrogen (secondary N) is 1. The zero-order valence-electron chi connectivity index (χ0n) is 8.92. The maximum Gasteiger partial charge on any atom is 0.332 e. The molecule has 80 valence electrons. The molecule has 14 heavy (non-hydrogen) atoms. The number of carbonyl (C=O) groups is 2. The molecule has 1 N–H and O–H groups in total. The molecule has 4 nitrogen and oxygen atoms in total. The molecule has 0 fully saturated rings. The lowest BCUT2D eigenvalue weighted by molar-refractivity contribution is -0.137. The third kappa shape index (κ3) is 6.22. The van der Waals surface area contributed by atoms with E-state index in [0.29, 0.717) is 18.7 Å². The number of amides is 1.